The van der Waals surface area contributed by atoms with Crippen LogP contribution in [0.1, 0.15) is 34.1 Å². The summed E-state index contributed by atoms with van der Waals surface area (Å²) in [5.74, 6) is 0.177. The molecule has 5 heteroatoms. The molecule has 106 valence electrons. The molecular formula is C13H27N3OS. The molecule has 0 atom stereocenters. The van der Waals surface area contributed by atoms with Crippen molar-refractivity contribution in [3.8, 4) is 0 Å². The van der Waals surface area contributed by atoms with Crippen LogP contribution < -0.4 is 5.73 Å². The number of thiocarbonyl (C=S) groups is 1. The summed E-state index contributed by atoms with van der Waals surface area (Å²) in [4.78, 5) is 16.3. The second-order valence-corrected chi connectivity index (χ2v) is 5.74. The minimum Gasteiger partial charge on any atom is -0.393 e. The number of likely N-dealkylation sites (N-methyl/N-ethyl adjacent to an activating group) is 2. The van der Waals surface area contributed by atoms with Gasteiger partial charge < -0.3 is 10.6 Å². The van der Waals surface area contributed by atoms with Crippen LogP contribution in [0.5, 0.6) is 0 Å². The first-order valence-electron chi connectivity index (χ1n) is 6.50. The molecule has 0 aliphatic heterocycles. The Hall–Kier alpha value is -0.680. The van der Waals surface area contributed by atoms with Gasteiger partial charge in [0.15, 0.2) is 0 Å². The summed E-state index contributed by atoms with van der Waals surface area (Å²) < 4.78 is 0. The van der Waals surface area contributed by atoms with E-state index in [0.717, 1.165) is 26.1 Å². The van der Waals surface area contributed by atoms with E-state index in [2.05, 4.69) is 0 Å². The zero-order valence-electron chi connectivity index (χ0n) is 12.3. The smallest absolute Gasteiger partial charge is 0.236 e. The molecule has 0 fully saturated rings. The van der Waals surface area contributed by atoms with E-state index < -0.39 is 0 Å². The van der Waals surface area contributed by atoms with E-state index in [-0.39, 0.29) is 11.3 Å². The first kappa shape index (κ1) is 17.3. The van der Waals surface area contributed by atoms with E-state index >= 15 is 0 Å². The fraction of sp³-hybridized carbons (Fsp3) is 0.846. The third-order valence-corrected chi connectivity index (χ3v) is 3.86. The predicted molar refractivity (Wildman–Crippen MR) is 80.6 cm³/mol. The zero-order valence-corrected chi connectivity index (χ0v) is 13.1. The van der Waals surface area contributed by atoms with Gasteiger partial charge in [0.25, 0.3) is 0 Å². The number of nitrogens with zero attached hydrogens (tertiary/aromatic N) is 2. The first-order valence-corrected chi connectivity index (χ1v) is 6.91. The van der Waals surface area contributed by atoms with Crippen LogP contribution in [0, 0.1) is 5.41 Å². The Bertz CT molecular complexity index is 288. The van der Waals surface area contributed by atoms with Crippen LogP contribution in [0.15, 0.2) is 0 Å². The van der Waals surface area contributed by atoms with E-state index in [4.69, 9.17) is 18.0 Å². The minimum atomic E-state index is -0.151. The van der Waals surface area contributed by atoms with Crippen LogP contribution in [0.4, 0.5) is 0 Å². The van der Waals surface area contributed by atoms with Crippen molar-refractivity contribution < 1.29 is 4.79 Å². The van der Waals surface area contributed by atoms with Crippen molar-refractivity contribution >= 4 is 23.1 Å². The highest BCUT2D eigenvalue weighted by atomic mass is 32.1. The fourth-order valence-electron chi connectivity index (χ4n) is 1.58. The van der Waals surface area contributed by atoms with E-state index in [9.17, 15) is 4.79 Å². The number of hydrogen-bond donors (Lipinski definition) is 1. The first-order chi connectivity index (χ1) is 8.24. The predicted octanol–water partition coefficient (Wildman–Crippen LogP) is 1.49. The number of rotatable bonds is 8. The van der Waals surface area contributed by atoms with Crippen LogP contribution in [-0.2, 0) is 4.79 Å². The Kier molecular flexibility index (Phi) is 7.40. The number of carbonyl (C=O) groups excluding carboxylic acids is 1. The molecule has 0 aliphatic carbocycles. The molecular weight excluding hydrogens is 246 g/mol. The third kappa shape index (κ3) is 5.78. The van der Waals surface area contributed by atoms with Crippen molar-refractivity contribution in [3.05, 3.63) is 0 Å². The molecule has 0 aliphatic rings. The Balaban J connectivity index is 4.16. The summed E-state index contributed by atoms with van der Waals surface area (Å²) in [5.41, 5.74) is 5.54. The van der Waals surface area contributed by atoms with Crippen LogP contribution in [0.3, 0.4) is 0 Å². The molecule has 2 N–H and O–H groups in total. The molecule has 0 spiro atoms. The van der Waals surface area contributed by atoms with E-state index in [0.29, 0.717) is 11.5 Å². The maximum absolute atomic E-state index is 11.9. The second-order valence-electron chi connectivity index (χ2n) is 5.30. The van der Waals surface area contributed by atoms with Gasteiger partial charge in [0.05, 0.1) is 11.5 Å². The number of carbonyl (C=O) groups is 1. The summed E-state index contributed by atoms with van der Waals surface area (Å²) in [6.07, 6.45) is 0.865. The summed E-state index contributed by atoms with van der Waals surface area (Å²) in [6, 6.07) is 0. The van der Waals surface area contributed by atoms with Gasteiger partial charge in [-0.25, -0.2) is 0 Å². The molecule has 0 heterocycles. The molecule has 0 saturated heterocycles. The van der Waals surface area contributed by atoms with E-state index in [1.54, 1.807) is 0 Å². The molecule has 0 aromatic heterocycles. The van der Waals surface area contributed by atoms with Crippen molar-refractivity contribution in [3.63, 3.8) is 0 Å². The maximum Gasteiger partial charge on any atom is 0.236 e. The summed E-state index contributed by atoms with van der Waals surface area (Å²) in [5, 5.41) is 0. The highest BCUT2D eigenvalue weighted by Gasteiger charge is 2.22. The average molecular weight is 273 g/mol. The quantitative estimate of drug-likeness (QED) is 0.681. The summed E-state index contributed by atoms with van der Waals surface area (Å²) >= 11 is 5.03. The molecule has 0 aromatic rings. The molecule has 0 unspecified atom stereocenters. The van der Waals surface area contributed by atoms with Gasteiger partial charge in [0, 0.05) is 18.5 Å². The third-order valence-electron chi connectivity index (χ3n) is 3.31. The normalized spacial score (nSPS) is 11.7. The molecule has 4 nitrogen and oxygen atoms in total. The zero-order chi connectivity index (χ0) is 14.3. The standard InChI is InChI=1S/C13H27N3OS/c1-6-16(7-2)11(17)10-15(5)9-8-13(3,4)12(14)18/h6-10H2,1-5H3,(H2,14,18). The topological polar surface area (TPSA) is 49.6 Å². The van der Waals surface area contributed by atoms with Crippen molar-refractivity contribution in [2.45, 2.75) is 34.1 Å². The van der Waals surface area contributed by atoms with Gasteiger partial charge in [-0.15, -0.1) is 0 Å². The Labute approximate surface area is 116 Å². The maximum atomic E-state index is 11.9. The Morgan fingerprint density at radius 1 is 1.28 bits per heavy atom. The van der Waals surface area contributed by atoms with Crippen molar-refractivity contribution in [2.75, 3.05) is 33.2 Å². The van der Waals surface area contributed by atoms with Crippen LogP contribution in [0.2, 0.25) is 0 Å². The van der Waals surface area contributed by atoms with Gasteiger partial charge in [-0.1, -0.05) is 26.1 Å². The lowest BCUT2D eigenvalue weighted by atomic mass is 9.89. The van der Waals surface area contributed by atoms with Crippen molar-refractivity contribution in [1.82, 2.24) is 9.80 Å². The minimum absolute atomic E-state index is 0.151. The molecule has 0 radical (unpaired) electrons. The Morgan fingerprint density at radius 2 is 1.78 bits per heavy atom. The van der Waals surface area contributed by atoms with E-state index in [1.165, 1.54) is 0 Å². The fourth-order valence-corrected chi connectivity index (χ4v) is 1.68. The molecule has 1 amide bonds. The number of nitrogens with two attached hydrogens (primary N) is 1. The van der Waals surface area contributed by atoms with Crippen molar-refractivity contribution in [2.24, 2.45) is 11.1 Å². The summed E-state index contributed by atoms with van der Waals surface area (Å²) in [6.45, 7) is 10.9. The highest BCUT2D eigenvalue weighted by Crippen LogP contribution is 2.20. The highest BCUT2D eigenvalue weighted by molar-refractivity contribution is 7.80. The second kappa shape index (κ2) is 7.69. The van der Waals surface area contributed by atoms with Crippen LogP contribution >= 0.6 is 12.2 Å². The van der Waals surface area contributed by atoms with Crippen LogP contribution in [0.25, 0.3) is 0 Å². The lowest BCUT2D eigenvalue weighted by molar-refractivity contribution is -0.131. The lowest BCUT2D eigenvalue weighted by Crippen LogP contribution is -2.40. The molecule has 0 bridgehead atoms. The molecule has 0 aromatic carbocycles. The SMILES string of the molecule is CCN(CC)C(=O)CN(C)CCC(C)(C)C(N)=S. The monoisotopic (exact) mass is 273 g/mol. The molecule has 0 rings (SSSR count). The van der Waals surface area contributed by atoms with Gasteiger partial charge in [0.1, 0.15) is 0 Å². The van der Waals surface area contributed by atoms with Gasteiger partial charge in [-0.3, -0.25) is 9.69 Å². The van der Waals surface area contributed by atoms with E-state index in [1.807, 2.05) is 44.5 Å². The van der Waals surface area contributed by atoms with Crippen molar-refractivity contribution in [1.29, 1.82) is 0 Å². The number of amides is 1. The molecule has 18 heavy (non-hydrogen) atoms. The summed E-state index contributed by atoms with van der Waals surface area (Å²) in [7, 11) is 1.96. The van der Waals surface area contributed by atoms with Gasteiger partial charge in [-0.2, -0.15) is 0 Å². The molecule has 0 saturated carbocycles. The van der Waals surface area contributed by atoms with Crippen LogP contribution in [-0.4, -0.2) is 53.9 Å². The largest absolute Gasteiger partial charge is 0.393 e. The average Bonchev–Trinajstić information content (AvgIpc) is 2.28. The van der Waals surface area contributed by atoms with Gasteiger partial charge in [0.2, 0.25) is 5.91 Å². The Morgan fingerprint density at radius 3 is 2.17 bits per heavy atom. The van der Waals surface area contributed by atoms with Gasteiger partial charge >= 0.3 is 0 Å². The van der Waals surface area contributed by atoms with Gasteiger partial charge in [-0.05, 0) is 33.9 Å². The number of hydrogen-bond acceptors (Lipinski definition) is 3. The lowest BCUT2D eigenvalue weighted by Gasteiger charge is -2.27.